The summed E-state index contributed by atoms with van der Waals surface area (Å²) < 4.78 is 20.4. The molecule has 2 N–H and O–H groups in total. The Bertz CT molecular complexity index is 1380. The second-order valence-electron chi connectivity index (χ2n) is 7.44. The molecule has 4 aromatic rings. The Hall–Kier alpha value is -3.01. The second-order valence-corrected chi connectivity index (χ2v) is 9.09. The molecule has 0 amide bonds. The van der Waals surface area contributed by atoms with Gasteiger partial charge in [-0.2, -0.15) is 5.10 Å². The first-order valence-electron chi connectivity index (χ1n) is 10.9. The number of rotatable bonds is 10. The standard InChI is InChI=1S/C25H24BrClN4O3S/c1-3-33-22-13-16(12-19(26)23(22)34-15-17-8-4-6-10-20(17)27)14-28-31-24(29-30-25(31)35)18-9-5-7-11-21(18)32-2/h4-13,28H,3,14-15H2,1-2H3,(H,30,35). The Morgan fingerprint density at radius 3 is 2.63 bits per heavy atom. The quantitative estimate of drug-likeness (QED) is 0.204. The summed E-state index contributed by atoms with van der Waals surface area (Å²) in [7, 11) is 1.63. The third-order valence-electron chi connectivity index (χ3n) is 5.16. The number of methoxy groups -OCH3 is 1. The molecular formula is C25H24BrClN4O3S. The van der Waals surface area contributed by atoms with E-state index in [0.29, 0.717) is 52.6 Å². The lowest BCUT2D eigenvalue weighted by molar-refractivity contribution is 0.267. The normalized spacial score (nSPS) is 10.7. The van der Waals surface area contributed by atoms with E-state index in [9.17, 15) is 0 Å². The maximum Gasteiger partial charge on any atom is 0.214 e. The van der Waals surface area contributed by atoms with Crippen molar-refractivity contribution in [2.24, 2.45) is 0 Å². The molecule has 0 aliphatic carbocycles. The van der Waals surface area contributed by atoms with E-state index >= 15 is 0 Å². The SMILES string of the molecule is CCOc1cc(CNn2c(-c3ccccc3OC)n[nH]c2=S)cc(Br)c1OCc1ccccc1Cl. The van der Waals surface area contributed by atoms with Crippen molar-refractivity contribution in [2.75, 3.05) is 19.1 Å². The number of aromatic nitrogens is 3. The Morgan fingerprint density at radius 2 is 1.86 bits per heavy atom. The van der Waals surface area contributed by atoms with Crippen LogP contribution in [0.3, 0.4) is 0 Å². The van der Waals surface area contributed by atoms with E-state index in [1.807, 2.05) is 67.6 Å². The maximum absolute atomic E-state index is 6.28. The fourth-order valence-electron chi connectivity index (χ4n) is 3.52. The number of benzene rings is 3. The number of H-pyrrole nitrogens is 1. The Morgan fingerprint density at radius 1 is 1.09 bits per heavy atom. The molecule has 0 aliphatic rings. The van der Waals surface area contributed by atoms with Crippen LogP contribution in [0.4, 0.5) is 0 Å². The molecule has 1 heterocycles. The van der Waals surface area contributed by atoms with Gasteiger partial charge in [0.1, 0.15) is 12.4 Å². The second kappa shape index (κ2) is 11.6. The van der Waals surface area contributed by atoms with Gasteiger partial charge in [-0.15, -0.1) is 0 Å². The highest BCUT2D eigenvalue weighted by Crippen LogP contribution is 2.38. The minimum Gasteiger partial charge on any atom is -0.496 e. The van der Waals surface area contributed by atoms with Crippen molar-refractivity contribution in [3.05, 3.63) is 86.1 Å². The van der Waals surface area contributed by atoms with Crippen molar-refractivity contribution in [2.45, 2.75) is 20.1 Å². The molecule has 0 bridgehead atoms. The van der Waals surface area contributed by atoms with Gasteiger partial charge in [-0.25, -0.2) is 9.77 Å². The Kier molecular flexibility index (Phi) is 8.33. The summed E-state index contributed by atoms with van der Waals surface area (Å²) >= 11 is 15.4. The van der Waals surface area contributed by atoms with E-state index in [2.05, 4.69) is 31.6 Å². The first-order valence-corrected chi connectivity index (χ1v) is 12.5. The van der Waals surface area contributed by atoms with E-state index in [-0.39, 0.29) is 0 Å². The first kappa shape index (κ1) is 25.1. The van der Waals surface area contributed by atoms with E-state index < -0.39 is 0 Å². The lowest BCUT2D eigenvalue weighted by Gasteiger charge is -2.17. The van der Waals surface area contributed by atoms with Gasteiger partial charge in [0.05, 0.1) is 30.3 Å². The minimum atomic E-state index is 0.322. The molecule has 0 spiro atoms. The topological polar surface area (TPSA) is 73.3 Å². The number of ether oxygens (including phenoxy) is 3. The monoisotopic (exact) mass is 574 g/mol. The molecule has 0 saturated heterocycles. The summed E-state index contributed by atoms with van der Waals surface area (Å²) in [6, 6.07) is 19.1. The van der Waals surface area contributed by atoms with Crippen LogP contribution in [-0.2, 0) is 13.2 Å². The predicted molar refractivity (Wildman–Crippen MR) is 144 cm³/mol. The van der Waals surface area contributed by atoms with Gasteiger partial charge in [0, 0.05) is 10.6 Å². The van der Waals surface area contributed by atoms with E-state index in [1.54, 1.807) is 11.8 Å². The van der Waals surface area contributed by atoms with Crippen molar-refractivity contribution in [1.82, 2.24) is 14.9 Å². The number of hydrogen-bond donors (Lipinski definition) is 2. The summed E-state index contributed by atoms with van der Waals surface area (Å²) in [6.45, 7) is 3.21. The van der Waals surface area contributed by atoms with E-state index in [4.69, 9.17) is 38.0 Å². The molecule has 0 atom stereocenters. The highest BCUT2D eigenvalue weighted by Gasteiger charge is 2.16. The third-order valence-corrected chi connectivity index (χ3v) is 6.39. The highest BCUT2D eigenvalue weighted by atomic mass is 79.9. The first-order chi connectivity index (χ1) is 17.0. The average molecular weight is 576 g/mol. The lowest BCUT2D eigenvalue weighted by Crippen LogP contribution is -2.16. The zero-order chi connectivity index (χ0) is 24.8. The minimum absolute atomic E-state index is 0.322. The van der Waals surface area contributed by atoms with Crippen molar-refractivity contribution in [3.63, 3.8) is 0 Å². The van der Waals surface area contributed by atoms with Crippen LogP contribution in [0.25, 0.3) is 11.4 Å². The van der Waals surface area contributed by atoms with Crippen molar-refractivity contribution in [1.29, 1.82) is 0 Å². The largest absolute Gasteiger partial charge is 0.496 e. The molecule has 0 saturated carbocycles. The smallest absolute Gasteiger partial charge is 0.214 e. The molecule has 10 heteroatoms. The summed E-state index contributed by atoms with van der Waals surface area (Å²) in [4.78, 5) is 0. The summed E-state index contributed by atoms with van der Waals surface area (Å²) in [6.07, 6.45) is 0. The number of nitrogens with zero attached hydrogens (tertiary/aromatic N) is 2. The van der Waals surface area contributed by atoms with Crippen LogP contribution in [0.1, 0.15) is 18.1 Å². The van der Waals surface area contributed by atoms with Gasteiger partial charge in [-0.3, -0.25) is 0 Å². The van der Waals surface area contributed by atoms with Crippen LogP contribution in [-0.4, -0.2) is 28.6 Å². The van der Waals surface area contributed by atoms with Crippen LogP contribution < -0.4 is 19.6 Å². The van der Waals surface area contributed by atoms with Crippen LogP contribution in [0.15, 0.2) is 65.1 Å². The molecular weight excluding hydrogens is 552 g/mol. The van der Waals surface area contributed by atoms with Crippen molar-refractivity contribution >= 4 is 39.7 Å². The van der Waals surface area contributed by atoms with Gasteiger partial charge in [0.15, 0.2) is 17.3 Å². The molecule has 182 valence electrons. The third kappa shape index (κ3) is 5.80. The zero-order valence-corrected chi connectivity index (χ0v) is 22.3. The predicted octanol–water partition coefficient (Wildman–Crippen LogP) is 6.75. The summed E-state index contributed by atoms with van der Waals surface area (Å²) in [5.41, 5.74) is 6.01. The van der Waals surface area contributed by atoms with Crippen LogP contribution in [0, 0.1) is 4.77 Å². The van der Waals surface area contributed by atoms with Gasteiger partial charge >= 0.3 is 0 Å². The lowest BCUT2D eigenvalue weighted by atomic mass is 10.2. The molecule has 0 fully saturated rings. The number of hydrogen-bond acceptors (Lipinski definition) is 6. The fourth-order valence-corrected chi connectivity index (χ4v) is 4.51. The summed E-state index contributed by atoms with van der Waals surface area (Å²) in [5.74, 6) is 2.57. The van der Waals surface area contributed by atoms with Gasteiger partial charge in [-0.05, 0) is 71.0 Å². The van der Waals surface area contributed by atoms with Crippen molar-refractivity contribution in [3.8, 4) is 28.6 Å². The average Bonchev–Trinajstić information content (AvgIpc) is 3.23. The number of aromatic amines is 1. The zero-order valence-electron chi connectivity index (χ0n) is 19.2. The molecule has 1 aromatic heterocycles. The number of nitrogens with one attached hydrogen (secondary N) is 2. The molecule has 4 rings (SSSR count). The fraction of sp³-hybridized carbons (Fsp3) is 0.200. The van der Waals surface area contributed by atoms with Gasteiger partial charge in [-0.1, -0.05) is 41.9 Å². The van der Waals surface area contributed by atoms with Crippen LogP contribution in [0.2, 0.25) is 5.02 Å². The number of halogens is 2. The van der Waals surface area contributed by atoms with Gasteiger partial charge in [0.2, 0.25) is 4.77 Å². The Balaban J connectivity index is 1.57. The molecule has 7 nitrogen and oxygen atoms in total. The maximum atomic E-state index is 6.28. The molecule has 3 aromatic carbocycles. The molecule has 0 unspecified atom stereocenters. The van der Waals surface area contributed by atoms with Gasteiger partial charge < -0.3 is 19.6 Å². The van der Waals surface area contributed by atoms with Crippen LogP contribution in [0.5, 0.6) is 17.2 Å². The number of para-hydroxylation sites is 1. The van der Waals surface area contributed by atoms with E-state index in [0.717, 1.165) is 21.2 Å². The summed E-state index contributed by atoms with van der Waals surface area (Å²) in [5, 5.41) is 7.89. The molecule has 0 aliphatic heterocycles. The highest BCUT2D eigenvalue weighted by molar-refractivity contribution is 9.10. The molecule has 0 radical (unpaired) electrons. The molecule has 35 heavy (non-hydrogen) atoms. The van der Waals surface area contributed by atoms with E-state index in [1.165, 1.54) is 0 Å². The van der Waals surface area contributed by atoms with Crippen LogP contribution >= 0.6 is 39.7 Å². The Labute approximate surface area is 222 Å². The van der Waals surface area contributed by atoms with Gasteiger partial charge in [0.25, 0.3) is 0 Å². The van der Waals surface area contributed by atoms with Crippen molar-refractivity contribution < 1.29 is 14.2 Å².